The molecule has 0 saturated carbocycles. The normalized spacial score (nSPS) is 23.0. The SMILES string of the molecule is CC(C)=C1[Te]C2=C(SCCS2)[Te]1. The summed E-state index contributed by atoms with van der Waals surface area (Å²) in [5, 5.41) is 0. The average Bonchev–Trinajstić information content (AvgIpc) is 2.46. The van der Waals surface area contributed by atoms with Gasteiger partial charge in [0, 0.05) is 0 Å². The Morgan fingerprint density at radius 3 is 2.00 bits per heavy atom. The van der Waals surface area contributed by atoms with Crippen LogP contribution >= 0.6 is 23.5 Å². The van der Waals surface area contributed by atoms with Gasteiger partial charge in [-0.3, -0.25) is 0 Å². The fourth-order valence-electron chi connectivity index (χ4n) is 0.922. The van der Waals surface area contributed by atoms with Gasteiger partial charge in [0.05, 0.1) is 0 Å². The van der Waals surface area contributed by atoms with E-state index in [0.717, 1.165) is 0 Å². The van der Waals surface area contributed by atoms with E-state index in [2.05, 4.69) is 37.4 Å². The second kappa shape index (κ2) is 4.52. The summed E-state index contributed by atoms with van der Waals surface area (Å²) in [6.07, 6.45) is 0. The summed E-state index contributed by atoms with van der Waals surface area (Å²) in [6, 6.07) is 0. The van der Waals surface area contributed by atoms with Crippen molar-refractivity contribution in [3.63, 3.8) is 0 Å². The number of rotatable bonds is 0. The zero-order chi connectivity index (χ0) is 8.55. The van der Waals surface area contributed by atoms with Crippen molar-refractivity contribution in [2.24, 2.45) is 0 Å². The van der Waals surface area contributed by atoms with Crippen LogP contribution < -0.4 is 0 Å². The van der Waals surface area contributed by atoms with Gasteiger partial charge in [-0.25, -0.2) is 0 Å². The van der Waals surface area contributed by atoms with Crippen molar-refractivity contribution in [3.8, 4) is 0 Å². The van der Waals surface area contributed by atoms with Gasteiger partial charge in [-0.15, -0.1) is 0 Å². The first-order chi connectivity index (χ1) is 5.77. The Bertz CT molecular complexity index is 244. The monoisotopic (exact) mass is 430 g/mol. The molecule has 2 aliphatic heterocycles. The zero-order valence-electron chi connectivity index (χ0n) is 7.05. The van der Waals surface area contributed by atoms with Crippen molar-refractivity contribution < 1.29 is 0 Å². The van der Waals surface area contributed by atoms with Crippen molar-refractivity contribution in [2.75, 3.05) is 11.5 Å². The van der Waals surface area contributed by atoms with Crippen LogP contribution in [-0.4, -0.2) is 53.4 Å². The molecule has 0 radical (unpaired) electrons. The average molecular weight is 426 g/mol. The van der Waals surface area contributed by atoms with Crippen LogP contribution in [-0.2, 0) is 0 Å². The molecule has 66 valence electrons. The van der Waals surface area contributed by atoms with Gasteiger partial charge >= 0.3 is 104 Å². The summed E-state index contributed by atoms with van der Waals surface area (Å²) < 4.78 is 5.64. The molecule has 0 saturated heterocycles. The van der Waals surface area contributed by atoms with Crippen LogP contribution in [0.4, 0.5) is 0 Å². The van der Waals surface area contributed by atoms with Crippen LogP contribution in [0.3, 0.4) is 0 Å². The predicted molar refractivity (Wildman–Crippen MR) is 61.8 cm³/mol. The van der Waals surface area contributed by atoms with Crippen molar-refractivity contribution in [3.05, 3.63) is 13.1 Å². The predicted octanol–water partition coefficient (Wildman–Crippen LogP) is 2.27. The Morgan fingerprint density at radius 2 is 1.58 bits per heavy atom. The Labute approximate surface area is 103 Å². The topological polar surface area (TPSA) is 0 Å². The fourth-order valence-corrected chi connectivity index (χ4v) is 18.3. The number of hydrogen-bond donors (Lipinski definition) is 0. The molecule has 0 unspecified atom stereocenters. The van der Waals surface area contributed by atoms with Crippen molar-refractivity contribution in [1.29, 1.82) is 0 Å². The van der Waals surface area contributed by atoms with Crippen LogP contribution in [0.25, 0.3) is 0 Å². The second-order valence-corrected chi connectivity index (χ2v) is 14.9. The molecule has 2 rings (SSSR count). The van der Waals surface area contributed by atoms with E-state index in [1.165, 1.54) is 11.5 Å². The fraction of sp³-hybridized carbons (Fsp3) is 0.500. The molecule has 12 heavy (non-hydrogen) atoms. The first-order valence-corrected chi connectivity index (χ1v) is 10.4. The van der Waals surface area contributed by atoms with Crippen molar-refractivity contribution in [1.82, 2.24) is 0 Å². The second-order valence-electron chi connectivity index (χ2n) is 2.76. The molecule has 0 aromatic carbocycles. The number of hydrogen-bond acceptors (Lipinski definition) is 2. The molecule has 0 N–H and O–H groups in total. The molecule has 2 aliphatic rings. The van der Waals surface area contributed by atoms with Crippen LogP contribution in [0, 0.1) is 0 Å². The van der Waals surface area contributed by atoms with E-state index in [4.69, 9.17) is 0 Å². The van der Waals surface area contributed by atoms with Crippen LogP contribution in [0.5, 0.6) is 0 Å². The standard InChI is InChI=1S/C8H10S2Te2/c1-5(2)8-11-6-7(12-8)10-4-3-9-6/h3-4H2,1-2H3. The molecule has 0 fully saturated rings. The third kappa shape index (κ3) is 2.22. The third-order valence-corrected chi connectivity index (χ3v) is 17.6. The van der Waals surface area contributed by atoms with Gasteiger partial charge < -0.3 is 0 Å². The molecule has 0 nitrogen and oxygen atoms in total. The van der Waals surface area contributed by atoms with E-state index in [1.807, 2.05) is 7.58 Å². The summed E-state index contributed by atoms with van der Waals surface area (Å²) in [7, 11) is 0. The molecule has 0 amide bonds. The molecule has 2 heterocycles. The Kier molecular flexibility index (Phi) is 3.87. The Hall–Kier alpha value is 1.76. The first kappa shape index (κ1) is 10.3. The van der Waals surface area contributed by atoms with Crippen LogP contribution in [0.15, 0.2) is 13.1 Å². The summed E-state index contributed by atoms with van der Waals surface area (Å²) in [5.74, 6) is 2.74. The molecule has 0 atom stereocenters. The maximum atomic E-state index is 2.30. The zero-order valence-corrected chi connectivity index (χ0v) is 13.3. The van der Waals surface area contributed by atoms with E-state index >= 15 is 0 Å². The van der Waals surface area contributed by atoms with E-state index in [-0.39, 0.29) is 41.8 Å². The maximum absolute atomic E-state index is 2.30. The first-order valence-electron chi connectivity index (χ1n) is 3.80. The van der Waals surface area contributed by atoms with Crippen molar-refractivity contribution >= 4 is 65.4 Å². The molecule has 0 aromatic rings. The van der Waals surface area contributed by atoms with Gasteiger partial charge in [0.2, 0.25) is 0 Å². The van der Waals surface area contributed by atoms with E-state index in [9.17, 15) is 0 Å². The van der Waals surface area contributed by atoms with Crippen LogP contribution in [0.2, 0.25) is 0 Å². The minimum absolute atomic E-state index is 0.155. The van der Waals surface area contributed by atoms with E-state index in [1.54, 1.807) is 5.57 Å². The van der Waals surface area contributed by atoms with Gasteiger partial charge in [-0.2, -0.15) is 0 Å². The van der Waals surface area contributed by atoms with Gasteiger partial charge in [-0.1, -0.05) is 0 Å². The van der Waals surface area contributed by atoms with E-state index < -0.39 is 0 Å². The number of allylic oxidation sites excluding steroid dienone is 1. The summed E-state index contributed by atoms with van der Waals surface area (Å²) in [4.78, 5) is 0. The summed E-state index contributed by atoms with van der Waals surface area (Å²) in [6.45, 7) is 4.61. The van der Waals surface area contributed by atoms with E-state index in [0.29, 0.717) is 0 Å². The molecule has 0 spiro atoms. The molecule has 0 bridgehead atoms. The van der Waals surface area contributed by atoms with Gasteiger partial charge in [0.15, 0.2) is 0 Å². The summed E-state index contributed by atoms with van der Waals surface area (Å²) in [5.41, 5.74) is 1.65. The van der Waals surface area contributed by atoms with Gasteiger partial charge in [0.1, 0.15) is 0 Å². The van der Waals surface area contributed by atoms with Gasteiger partial charge in [-0.05, 0) is 0 Å². The molecule has 4 heteroatoms. The van der Waals surface area contributed by atoms with Gasteiger partial charge in [0.25, 0.3) is 0 Å². The Balaban J connectivity index is 2.17. The quantitative estimate of drug-likeness (QED) is 0.546. The minimum atomic E-state index is 0.155. The Morgan fingerprint density at radius 1 is 1.08 bits per heavy atom. The van der Waals surface area contributed by atoms with Crippen LogP contribution in [0.1, 0.15) is 13.8 Å². The molecule has 0 aliphatic carbocycles. The third-order valence-electron chi connectivity index (χ3n) is 1.50. The van der Waals surface area contributed by atoms with Crippen molar-refractivity contribution in [2.45, 2.75) is 13.8 Å². The molecule has 0 aromatic heterocycles. The summed E-state index contributed by atoms with van der Waals surface area (Å²) >= 11 is 4.65. The number of thioether (sulfide) groups is 2. The molecular formula is C8H10S2Te2. The molecular weight excluding hydrogens is 415 g/mol.